The van der Waals surface area contributed by atoms with Crippen LogP contribution in [-0.4, -0.2) is 12.1 Å². The average molecular weight is 286 g/mol. The molecule has 0 aliphatic heterocycles. The molecule has 1 aromatic heterocycles. The number of rotatable bonds is 5. The second-order valence-corrected chi connectivity index (χ2v) is 5.24. The van der Waals surface area contributed by atoms with Crippen LogP contribution in [0.15, 0.2) is 30.3 Å². The second kappa shape index (κ2) is 6.59. The molecule has 0 unspecified atom stereocenters. The van der Waals surface area contributed by atoms with Gasteiger partial charge in [-0.3, -0.25) is 4.98 Å². The van der Waals surface area contributed by atoms with Crippen molar-refractivity contribution in [2.45, 2.75) is 33.4 Å². The van der Waals surface area contributed by atoms with E-state index in [1.54, 1.807) is 7.11 Å². The van der Waals surface area contributed by atoms with Crippen molar-refractivity contribution in [1.29, 1.82) is 0 Å². The molecule has 1 aromatic carbocycles. The number of hydrogen-bond donors (Lipinski definition) is 1. The van der Waals surface area contributed by atoms with Crippen LogP contribution in [0.2, 0.25) is 0 Å². The smallest absolute Gasteiger partial charge is 0.130 e. The summed E-state index contributed by atoms with van der Waals surface area (Å²) < 4.78 is 11.1. The normalized spacial score (nSPS) is 12.0. The van der Waals surface area contributed by atoms with E-state index in [1.807, 2.05) is 45.0 Å². The summed E-state index contributed by atoms with van der Waals surface area (Å²) in [5.41, 5.74) is 9.83. The molecule has 0 bridgehead atoms. The number of aryl methyl sites for hydroxylation is 2. The maximum atomic E-state index is 5.88. The second-order valence-electron chi connectivity index (χ2n) is 5.24. The van der Waals surface area contributed by atoms with Crippen molar-refractivity contribution in [3.05, 3.63) is 52.8 Å². The summed E-state index contributed by atoms with van der Waals surface area (Å²) in [7, 11) is 1.65. The fourth-order valence-electron chi connectivity index (χ4n) is 2.16. The van der Waals surface area contributed by atoms with E-state index in [0.29, 0.717) is 6.61 Å². The quantitative estimate of drug-likeness (QED) is 0.916. The molecule has 0 saturated carbocycles. The number of aromatic nitrogens is 1. The number of benzene rings is 1. The van der Waals surface area contributed by atoms with Crippen molar-refractivity contribution in [3.8, 4) is 11.5 Å². The van der Waals surface area contributed by atoms with Gasteiger partial charge in [-0.1, -0.05) is 12.1 Å². The Bertz CT molecular complexity index is 624. The van der Waals surface area contributed by atoms with Crippen LogP contribution in [0.5, 0.6) is 11.5 Å². The monoisotopic (exact) mass is 286 g/mol. The number of nitrogens with two attached hydrogens (primary N) is 1. The number of ether oxygens (including phenoxy) is 2. The molecule has 0 aliphatic rings. The van der Waals surface area contributed by atoms with E-state index in [9.17, 15) is 0 Å². The van der Waals surface area contributed by atoms with E-state index in [2.05, 4.69) is 11.1 Å². The lowest BCUT2D eigenvalue weighted by atomic mass is 10.1. The zero-order chi connectivity index (χ0) is 15.4. The maximum Gasteiger partial charge on any atom is 0.130 e. The average Bonchev–Trinajstić information content (AvgIpc) is 2.45. The highest BCUT2D eigenvalue weighted by atomic mass is 16.5. The van der Waals surface area contributed by atoms with Gasteiger partial charge in [-0.15, -0.1) is 0 Å². The number of hydrogen-bond acceptors (Lipinski definition) is 4. The first-order valence-corrected chi connectivity index (χ1v) is 7.00. The Kier molecular flexibility index (Phi) is 4.81. The Hall–Kier alpha value is -2.07. The predicted octanol–water partition coefficient (Wildman–Crippen LogP) is 3.31. The van der Waals surface area contributed by atoms with E-state index < -0.39 is 0 Å². The van der Waals surface area contributed by atoms with Crippen LogP contribution >= 0.6 is 0 Å². The molecular weight excluding hydrogens is 264 g/mol. The minimum absolute atomic E-state index is 0.0282. The molecular formula is C17H22N2O2. The minimum Gasteiger partial charge on any atom is -0.497 e. The molecule has 2 N–H and O–H groups in total. The Labute approximate surface area is 125 Å². The summed E-state index contributed by atoms with van der Waals surface area (Å²) in [5, 5.41) is 0. The lowest BCUT2D eigenvalue weighted by Crippen LogP contribution is -2.06. The zero-order valence-corrected chi connectivity index (χ0v) is 13.0. The van der Waals surface area contributed by atoms with Crippen LogP contribution in [0.25, 0.3) is 0 Å². The van der Waals surface area contributed by atoms with Gasteiger partial charge < -0.3 is 15.2 Å². The van der Waals surface area contributed by atoms with Gasteiger partial charge in [0.15, 0.2) is 0 Å². The molecule has 21 heavy (non-hydrogen) atoms. The first-order chi connectivity index (χ1) is 9.99. The van der Waals surface area contributed by atoms with Gasteiger partial charge in [-0.05, 0) is 38.0 Å². The fraction of sp³-hybridized carbons (Fsp3) is 0.353. The zero-order valence-electron chi connectivity index (χ0n) is 13.0. The molecule has 0 fully saturated rings. The fourth-order valence-corrected chi connectivity index (χ4v) is 2.16. The number of pyridine rings is 1. The van der Waals surface area contributed by atoms with Crippen LogP contribution in [0.4, 0.5) is 0 Å². The van der Waals surface area contributed by atoms with Crippen LogP contribution in [0.1, 0.15) is 35.5 Å². The van der Waals surface area contributed by atoms with Crippen molar-refractivity contribution in [2.24, 2.45) is 5.73 Å². The van der Waals surface area contributed by atoms with Gasteiger partial charge in [-0.2, -0.15) is 0 Å². The Morgan fingerprint density at radius 1 is 1.19 bits per heavy atom. The van der Waals surface area contributed by atoms with Gasteiger partial charge in [0.2, 0.25) is 0 Å². The Morgan fingerprint density at radius 2 is 1.95 bits per heavy atom. The molecule has 2 rings (SSSR count). The van der Waals surface area contributed by atoms with Gasteiger partial charge in [-0.25, -0.2) is 0 Å². The van der Waals surface area contributed by atoms with Gasteiger partial charge >= 0.3 is 0 Å². The van der Waals surface area contributed by atoms with E-state index >= 15 is 0 Å². The molecule has 2 aromatic rings. The maximum absolute atomic E-state index is 5.88. The Balaban J connectivity index is 2.11. The van der Waals surface area contributed by atoms with Crippen LogP contribution < -0.4 is 15.2 Å². The van der Waals surface area contributed by atoms with Crippen molar-refractivity contribution >= 4 is 0 Å². The molecule has 4 nitrogen and oxygen atoms in total. The third-order valence-corrected chi connectivity index (χ3v) is 3.32. The predicted molar refractivity (Wildman–Crippen MR) is 83.6 cm³/mol. The van der Waals surface area contributed by atoms with E-state index in [1.165, 1.54) is 0 Å². The molecule has 0 radical (unpaired) electrons. The standard InChI is InChI=1S/C17H22N2O2/c1-11-7-14(13(3)18)5-6-17(11)21-10-15-9-16(20-4)8-12(2)19-15/h5-9,13H,10,18H2,1-4H3/t13-/m0/s1. The first kappa shape index (κ1) is 15.3. The highest BCUT2D eigenvalue weighted by Crippen LogP contribution is 2.23. The van der Waals surface area contributed by atoms with E-state index in [0.717, 1.165) is 34.0 Å². The molecule has 0 saturated heterocycles. The van der Waals surface area contributed by atoms with E-state index in [4.69, 9.17) is 15.2 Å². The van der Waals surface area contributed by atoms with Gasteiger partial charge in [0.05, 0.1) is 12.8 Å². The summed E-state index contributed by atoms with van der Waals surface area (Å²) in [6.07, 6.45) is 0. The molecule has 0 spiro atoms. The summed E-state index contributed by atoms with van der Waals surface area (Å²) in [6, 6.07) is 9.83. The van der Waals surface area contributed by atoms with Crippen LogP contribution in [-0.2, 0) is 6.61 Å². The van der Waals surface area contributed by atoms with Gasteiger partial charge in [0, 0.05) is 23.9 Å². The largest absolute Gasteiger partial charge is 0.497 e. The van der Waals surface area contributed by atoms with Crippen molar-refractivity contribution in [3.63, 3.8) is 0 Å². The molecule has 0 aliphatic carbocycles. The van der Waals surface area contributed by atoms with Crippen LogP contribution in [0.3, 0.4) is 0 Å². The third kappa shape index (κ3) is 3.95. The van der Waals surface area contributed by atoms with Crippen molar-refractivity contribution < 1.29 is 9.47 Å². The van der Waals surface area contributed by atoms with Crippen molar-refractivity contribution in [1.82, 2.24) is 4.98 Å². The summed E-state index contributed by atoms with van der Waals surface area (Å²) in [5.74, 6) is 1.65. The minimum atomic E-state index is 0.0282. The first-order valence-electron chi connectivity index (χ1n) is 7.00. The highest BCUT2D eigenvalue weighted by Gasteiger charge is 2.06. The van der Waals surface area contributed by atoms with Crippen LogP contribution in [0, 0.1) is 13.8 Å². The SMILES string of the molecule is COc1cc(C)nc(COc2ccc([C@H](C)N)cc2C)c1. The lowest BCUT2D eigenvalue weighted by molar-refractivity contribution is 0.297. The van der Waals surface area contributed by atoms with E-state index in [-0.39, 0.29) is 6.04 Å². The summed E-state index contributed by atoms with van der Waals surface area (Å²) >= 11 is 0. The molecule has 1 atom stereocenters. The summed E-state index contributed by atoms with van der Waals surface area (Å²) in [4.78, 5) is 4.45. The lowest BCUT2D eigenvalue weighted by Gasteiger charge is -2.13. The van der Waals surface area contributed by atoms with Gasteiger partial charge in [0.25, 0.3) is 0 Å². The number of methoxy groups -OCH3 is 1. The molecule has 1 heterocycles. The topological polar surface area (TPSA) is 57.4 Å². The third-order valence-electron chi connectivity index (χ3n) is 3.32. The highest BCUT2D eigenvalue weighted by molar-refractivity contribution is 5.37. The Morgan fingerprint density at radius 3 is 2.57 bits per heavy atom. The van der Waals surface area contributed by atoms with Crippen molar-refractivity contribution in [2.75, 3.05) is 7.11 Å². The van der Waals surface area contributed by atoms with Gasteiger partial charge in [0.1, 0.15) is 18.1 Å². The molecule has 112 valence electrons. The molecule has 0 amide bonds. The molecule has 4 heteroatoms. The summed E-state index contributed by atoms with van der Waals surface area (Å²) in [6.45, 7) is 6.34. The number of nitrogens with zero attached hydrogens (tertiary/aromatic N) is 1.